The fourth-order valence-corrected chi connectivity index (χ4v) is 4.05. The van der Waals surface area contributed by atoms with Crippen LogP contribution in [0.4, 0.5) is 5.69 Å². The van der Waals surface area contributed by atoms with E-state index in [-0.39, 0.29) is 11.8 Å². The molecule has 0 fully saturated rings. The fraction of sp³-hybridized carbons (Fsp3) is 0.269. The third-order valence-corrected chi connectivity index (χ3v) is 6.01. The summed E-state index contributed by atoms with van der Waals surface area (Å²) in [4.78, 5) is 14.9. The number of hydrogen-bond acceptors (Lipinski definition) is 3. The van der Waals surface area contributed by atoms with Crippen LogP contribution in [0, 0.1) is 0 Å². The molecule has 4 nitrogen and oxygen atoms in total. The Hall–Kier alpha value is -3.11. The molecule has 0 aromatic heterocycles. The summed E-state index contributed by atoms with van der Waals surface area (Å²) in [6.45, 7) is 4.45. The standard InChI is InChI=1S/C26H29N3O/c1-19(22-7-3-2-4-8-22)25(27)26(30)28-17-20-11-13-21(14-12-20)18-29-16-15-23-9-5-6-10-24(23)29/h2-14,19,25H,15-18,27H2,1H3,(H,28,30). The van der Waals surface area contributed by atoms with Crippen LogP contribution in [-0.2, 0) is 24.3 Å². The Kier molecular flexibility index (Phi) is 6.15. The molecular formula is C26H29N3O. The quantitative estimate of drug-likeness (QED) is 0.631. The molecule has 0 aliphatic carbocycles. The summed E-state index contributed by atoms with van der Waals surface area (Å²) < 4.78 is 0. The molecule has 30 heavy (non-hydrogen) atoms. The first-order valence-electron chi connectivity index (χ1n) is 10.6. The van der Waals surface area contributed by atoms with Gasteiger partial charge in [-0.1, -0.05) is 79.7 Å². The van der Waals surface area contributed by atoms with Gasteiger partial charge in [0.05, 0.1) is 6.04 Å². The lowest BCUT2D eigenvalue weighted by Crippen LogP contribution is -2.43. The molecule has 3 N–H and O–H groups in total. The molecule has 0 spiro atoms. The Labute approximate surface area is 178 Å². The highest BCUT2D eigenvalue weighted by Gasteiger charge is 2.22. The van der Waals surface area contributed by atoms with Gasteiger partial charge < -0.3 is 16.0 Å². The monoisotopic (exact) mass is 399 g/mol. The van der Waals surface area contributed by atoms with E-state index in [4.69, 9.17) is 5.73 Å². The summed E-state index contributed by atoms with van der Waals surface area (Å²) in [5, 5.41) is 2.98. The molecule has 4 rings (SSSR count). The number of carbonyl (C=O) groups is 1. The number of fused-ring (bicyclic) bond motifs is 1. The second kappa shape index (κ2) is 9.14. The lowest BCUT2D eigenvalue weighted by atomic mass is 9.93. The molecule has 2 atom stereocenters. The molecule has 1 aliphatic heterocycles. The SMILES string of the molecule is CC(c1ccccc1)C(N)C(=O)NCc1ccc(CN2CCc3ccccc32)cc1. The maximum absolute atomic E-state index is 12.5. The normalized spacial score (nSPS) is 14.8. The van der Waals surface area contributed by atoms with Crippen molar-refractivity contribution in [3.05, 3.63) is 101 Å². The van der Waals surface area contributed by atoms with E-state index in [1.165, 1.54) is 16.8 Å². The minimum Gasteiger partial charge on any atom is -0.367 e. The zero-order valence-corrected chi connectivity index (χ0v) is 17.4. The van der Waals surface area contributed by atoms with Crippen LogP contribution in [0.15, 0.2) is 78.9 Å². The molecule has 0 bridgehead atoms. The van der Waals surface area contributed by atoms with Gasteiger partial charge in [0.1, 0.15) is 0 Å². The van der Waals surface area contributed by atoms with Crippen LogP contribution in [-0.4, -0.2) is 18.5 Å². The number of nitrogens with one attached hydrogen (secondary N) is 1. The zero-order valence-electron chi connectivity index (χ0n) is 17.4. The van der Waals surface area contributed by atoms with E-state index in [2.05, 4.69) is 58.7 Å². The molecular weight excluding hydrogens is 370 g/mol. The number of benzene rings is 3. The van der Waals surface area contributed by atoms with Gasteiger partial charge in [-0.2, -0.15) is 0 Å². The Morgan fingerprint density at radius 1 is 0.967 bits per heavy atom. The average Bonchev–Trinajstić information content (AvgIpc) is 3.21. The van der Waals surface area contributed by atoms with Gasteiger partial charge in [0.2, 0.25) is 5.91 Å². The van der Waals surface area contributed by atoms with Gasteiger partial charge in [-0.15, -0.1) is 0 Å². The van der Waals surface area contributed by atoms with Crippen LogP contribution in [0.5, 0.6) is 0 Å². The molecule has 2 unspecified atom stereocenters. The highest BCUT2D eigenvalue weighted by atomic mass is 16.2. The first kappa shape index (κ1) is 20.2. The summed E-state index contributed by atoms with van der Waals surface area (Å²) in [6, 6.07) is 26.5. The van der Waals surface area contributed by atoms with Gasteiger partial charge in [-0.25, -0.2) is 0 Å². The zero-order chi connectivity index (χ0) is 20.9. The lowest BCUT2D eigenvalue weighted by molar-refractivity contribution is -0.122. The number of anilines is 1. The number of hydrogen-bond donors (Lipinski definition) is 2. The maximum atomic E-state index is 12.5. The van der Waals surface area contributed by atoms with Crippen molar-refractivity contribution >= 4 is 11.6 Å². The summed E-state index contributed by atoms with van der Waals surface area (Å²) in [7, 11) is 0. The van der Waals surface area contributed by atoms with Gasteiger partial charge >= 0.3 is 0 Å². The molecule has 154 valence electrons. The summed E-state index contributed by atoms with van der Waals surface area (Å²) in [6.07, 6.45) is 1.11. The topological polar surface area (TPSA) is 58.4 Å². The van der Waals surface area contributed by atoms with E-state index < -0.39 is 6.04 Å². The minimum absolute atomic E-state index is 0.0306. The second-order valence-electron chi connectivity index (χ2n) is 8.06. The van der Waals surface area contributed by atoms with Crippen molar-refractivity contribution in [2.75, 3.05) is 11.4 Å². The molecule has 1 heterocycles. The average molecular weight is 400 g/mol. The predicted octanol–water partition coefficient (Wildman–Crippen LogP) is 4.00. The van der Waals surface area contributed by atoms with Crippen molar-refractivity contribution < 1.29 is 4.79 Å². The molecule has 0 saturated carbocycles. The van der Waals surface area contributed by atoms with Crippen LogP contribution in [0.1, 0.15) is 35.1 Å². The van der Waals surface area contributed by atoms with Crippen LogP contribution < -0.4 is 16.0 Å². The summed E-state index contributed by atoms with van der Waals surface area (Å²) in [5.41, 5.74) is 12.4. The first-order chi connectivity index (χ1) is 14.6. The van der Waals surface area contributed by atoms with E-state index in [9.17, 15) is 4.79 Å². The van der Waals surface area contributed by atoms with Gasteiger partial charge in [-0.05, 0) is 34.7 Å². The van der Waals surface area contributed by atoms with Crippen LogP contribution in [0.2, 0.25) is 0 Å². The number of nitrogens with two attached hydrogens (primary N) is 1. The van der Waals surface area contributed by atoms with Crippen molar-refractivity contribution in [3.63, 3.8) is 0 Å². The van der Waals surface area contributed by atoms with E-state index in [0.717, 1.165) is 30.6 Å². The van der Waals surface area contributed by atoms with E-state index in [1.54, 1.807) is 0 Å². The van der Waals surface area contributed by atoms with Gasteiger partial charge in [-0.3, -0.25) is 4.79 Å². The third-order valence-electron chi connectivity index (χ3n) is 6.01. The number of amides is 1. The molecule has 3 aromatic rings. The highest BCUT2D eigenvalue weighted by molar-refractivity contribution is 5.82. The molecule has 3 aromatic carbocycles. The third kappa shape index (κ3) is 4.55. The lowest BCUT2D eigenvalue weighted by Gasteiger charge is -2.20. The number of nitrogens with zero attached hydrogens (tertiary/aromatic N) is 1. The van der Waals surface area contributed by atoms with Crippen molar-refractivity contribution in [2.45, 2.75) is 38.4 Å². The Morgan fingerprint density at radius 2 is 1.63 bits per heavy atom. The van der Waals surface area contributed by atoms with Crippen molar-refractivity contribution in [1.29, 1.82) is 0 Å². The van der Waals surface area contributed by atoms with Gasteiger partial charge in [0.25, 0.3) is 0 Å². The largest absolute Gasteiger partial charge is 0.367 e. The van der Waals surface area contributed by atoms with Crippen molar-refractivity contribution in [1.82, 2.24) is 5.32 Å². The number of para-hydroxylation sites is 1. The smallest absolute Gasteiger partial charge is 0.237 e. The predicted molar refractivity (Wildman–Crippen MR) is 122 cm³/mol. The van der Waals surface area contributed by atoms with Gasteiger partial charge in [0.15, 0.2) is 0 Å². The van der Waals surface area contributed by atoms with Crippen molar-refractivity contribution in [3.8, 4) is 0 Å². The molecule has 0 saturated heterocycles. The summed E-state index contributed by atoms with van der Waals surface area (Å²) >= 11 is 0. The van der Waals surface area contributed by atoms with Crippen LogP contribution >= 0.6 is 0 Å². The highest BCUT2D eigenvalue weighted by Crippen LogP contribution is 2.28. The van der Waals surface area contributed by atoms with E-state index in [1.807, 2.05) is 37.3 Å². The fourth-order valence-electron chi connectivity index (χ4n) is 4.05. The second-order valence-corrected chi connectivity index (χ2v) is 8.06. The van der Waals surface area contributed by atoms with Crippen molar-refractivity contribution in [2.24, 2.45) is 5.73 Å². The Morgan fingerprint density at radius 3 is 2.40 bits per heavy atom. The molecule has 1 aliphatic rings. The van der Waals surface area contributed by atoms with Crippen LogP contribution in [0.3, 0.4) is 0 Å². The minimum atomic E-state index is -0.568. The van der Waals surface area contributed by atoms with E-state index in [0.29, 0.717) is 6.54 Å². The molecule has 1 amide bonds. The van der Waals surface area contributed by atoms with E-state index >= 15 is 0 Å². The molecule has 4 heteroatoms. The summed E-state index contributed by atoms with van der Waals surface area (Å²) in [5.74, 6) is -0.152. The maximum Gasteiger partial charge on any atom is 0.237 e. The Bertz CT molecular complexity index is 985. The van der Waals surface area contributed by atoms with Crippen LogP contribution in [0.25, 0.3) is 0 Å². The molecule has 0 radical (unpaired) electrons. The number of rotatable bonds is 7. The van der Waals surface area contributed by atoms with Gasteiger partial charge in [0, 0.05) is 31.2 Å². The Balaban J connectivity index is 1.30. The number of carbonyl (C=O) groups excluding carboxylic acids is 1. The first-order valence-corrected chi connectivity index (χ1v) is 10.6.